The molecule has 0 saturated carbocycles. The van der Waals surface area contributed by atoms with Crippen LogP contribution in [0.2, 0.25) is 0 Å². The summed E-state index contributed by atoms with van der Waals surface area (Å²) in [5.41, 5.74) is 0.639. The van der Waals surface area contributed by atoms with E-state index in [0.717, 1.165) is 24.3 Å². The number of anilines is 2. The van der Waals surface area contributed by atoms with Gasteiger partial charge in [-0.1, -0.05) is 42.5 Å². The van der Waals surface area contributed by atoms with E-state index in [4.69, 9.17) is 0 Å². The number of halogens is 7. The van der Waals surface area contributed by atoms with E-state index in [1.807, 2.05) is 0 Å². The number of hydrogen-bond acceptors (Lipinski definition) is 6. The van der Waals surface area contributed by atoms with Crippen LogP contribution in [0.5, 0.6) is 0 Å². The number of alkyl halides is 6. The second kappa shape index (κ2) is 11.8. The summed E-state index contributed by atoms with van der Waals surface area (Å²) in [7, 11) is -2.73. The second-order valence-electron chi connectivity index (χ2n) is 9.81. The van der Waals surface area contributed by atoms with E-state index in [-0.39, 0.29) is 54.6 Å². The van der Waals surface area contributed by atoms with Crippen molar-refractivity contribution < 1.29 is 39.2 Å². The fourth-order valence-electron chi connectivity index (χ4n) is 4.87. The van der Waals surface area contributed by atoms with Crippen molar-refractivity contribution in [1.29, 1.82) is 0 Å². The second-order valence-corrected chi connectivity index (χ2v) is 10.8. The quantitative estimate of drug-likeness (QED) is 0.197. The van der Waals surface area contributed by atoms with Crippen molar-refractivity contribution in [2.75, 3.05) is 36.0 Å². The highest BCUT2D eigenvalue weighted by atomic mass is 32.2. The summed E-state index contributed by atoms with van der Waals surface area (Å²) in [5.74, 6) is -2.29. The lowest BCUT2D eigenvalue weighted by Gasteiger charge is -2.38. The zero-order chi connectivity index (χ0) is 30.9. The van der Waals surface area contributed by atoms with Crippen LogP contribution >= 0.6 is 0 Å². The highest BCUT2D eigenvalue weighted by molar-refractivity contribution is 7.71. The molecular weight excluding hydrogens is 601 g/mol. The van der Waals surface area contributed by atoms with Gasteiger partial charge in [-0.15, -0.1) is 0 Å². The van der Waals surface area contributed by atoms with Crippen molar-refractivity contribution in [2.45, 2.75) is 18.1 Å². The molecule has 2 heterocycles. The summed E-state index contributed by atoms with van der Waals surface area (Å²) in [6, 6.07) is 15.8. The van der Waals surface area contributed by atoms with Crippen molar-refractivity contribution in [3.05, 3.63) is 95.6 Å². The summed E-state index contributed by atoms with van der Waals surface area (Å²) < 4.78 is 118. The zero-order valence-electron chi connectivity index (χ0n) is 22.2. The van der Waals surface area contributed by atoms with Crippen molar-refractivity contribution in [3.8, 4) is 22.4 Å². The molecule has 43 heavy (non-hydrogen) atoms. The third-order valence-corrected chi connectivity index (χ3v) is 7.56. The van der Waals surface area contributed by atoms with Crippen LogP contribution in [-0.4, -0.2) is 44.6 Å². The van der Waals surface area contributed by atoms with Crippen LogP contribution in [0.3, 0.4) is 0 Å². The predicted molar refractivity (Wildman–Crippen MR) is 148 cm³/mol. The molecule has 1 aliphatic rings. The van der Waals surface area contributed by atoms with Gasteiger partial charge in [-0.05, 0) is 41.5 Å². The number of rotatable bonds is 6. The SMILES string of the molecule is O=[SH](=O)Cc1ccc(-c2nc(C(F)(F)F)nc(N3CCN(c4cccc(C(F)(F)F)c4)CC3)c2-c2ccc(F)cc2)cc1. The normalized spacial score (nSPS) is 14.4. The number of benzene rings is 3. The van der Waals surface area contributed by atoms with Gasteiger partial charge in [0.25, 0.3) is 0 Å². The average Bonchev–Trinajstić information content (AvgIpc) is 2.96. The standard InChI is InChI=1S/C29H23F7N4O2S/c30-22-10-8-19(9-11-22)24-25(20-6-4-18(5-7-20)17-43(41)42)37-27(29(34,35)36)38-26(24)40-14-12-39(13-15-40)23-3-1-2-21(16-23)28(31,32)33/h1-11,16,43H,12-15,17H2. The molecule has 0 unspecified atom stereocenters. The molecule has 0 radical (unpaired) electrons. The van der Waals surface area contributed by atoms with E-state index in [9.17, 15) is 39.2 Å². The number of hydrogen-bond donors (Lipinski definition) is 1. The fraction of sp³-hybridized carbons (Fsp3) is 0.241. The molecule has 1 aromatic heterocycles. The van der Waals surface area contributed by atoms with Crippen molar-refractivity contribution in [3.63, 3.8) is 0 Å². The molecule has 1 saturated heterocycles. The van der Waals surface area contributed by atoms with Gasteiger partial charge in [0, 0.05) is 37.4 Å². The first kappa shape index (κ1) is 30.3. The third-order valence-electron chi connectivity index (χ3n) is 6.93. The van der Waals surface area contributed by atoms with Crippen molar-refractivity contribution >= 4 is 22.2 Å². The molecule has 0 N–H and O–H groups in total. The molecular formula is C29H23F7N4O2S. The summed E-state index contributed by atoms with van der Waals surface area (Å²) in [5, 5.41) is 0. The zero-order valence-corrected chi connectivity index (χ0v) is 23.1. The summed E-state index contributed by atoms with van der Waals surface area (Å²) in [6.07, 6.45) is -9.45. The van der Waals surface area contributed by atoms with Crippen LogP contribution in [0, 0.1) is 5.82 Å². The van der Waals surface area contributed by atoms with Gasteiger partial charge < -0.3 is 9.80 Å². The summed E-state index contributed by atoms with van der Waals surface area (Å²) in [6.45, 7) is 0.612. The highest BCUT2D eigenvalue weighted by Crippen LogP contribution is 2.41. The van der Waals surface area contributed by atoms with Crippen LogP contribution in [-0.2, 0) is 28.8 Å². The van der Waals surface area contributed by atoms with E-state index in [1.165, 1.54) is 48.5 Å². The van der Waals surface area contributed by atoms with Gasteiger partial charge in [0.1, 0.15) is 22.3 Å². The van der Waals surface area contributed by atoms with E-state index in [2.05, 4.69) is 9.97 Å². The molecule has 1 fully saturated rings. The number of piperazine rings is 1. The Bertz CT molecular complexity index is 1670. The van der Waals surface area contributed by atoms with Gasteiger partial charge in [-0.25, -0.2) is 22.8 Å². The van der Waals surface area contributed by atoms with Crippen LogP contribution in [0.25, 0.3) is 22.4 Å². The maximum absolute atomic E-state index is 14.1. The largest absolute Gasteiger partial charge is 0.451 e. The van der Waals surface area contributed by atoms with E-state index in [0.29, 0.717) is 16.8 Å². The van der Waals surface area contributed by atoms with Gasteiger partial charge in [-0.2, -0.15) is 26.3 Å². The Morgan fingerprint density at radius 3 is 1.91 bits per heavy atom. The monoisotopic (exact) mass is 624 g/mol. The molecule has 5 rings (SSSR count). The lowest BCUT2D eigenvalue weighted by atomic mass is 9.98. The third kappa shape index (κ3) is 6.90. The Balaban J connectivity index is 1.58. The topological polar surface area (TPSA) is 66.4 Å². The smallest absolute Gasteiger partial charge is 0.368 e. The number of nitrogens with zero attached hydrogens (tertiary/aromatic N) is 4. The Labute approximate surface area is 243 Å². The lowest BCUT2D eigenvalue weighted by molar-refractivity contribution is -0.144. The van der Waals surface area contributed by atoms with Crippen LogP contribution in [0.15, 0.2) is 72.8 Å². The Morgan fingerprint density at radius 1 is 0.721 bits per heavy atom. The molecule has 0 aliphatic carbocycles. The Kier molecular flexibility index (Phi) is 8.32. The summed E-state index contributed by atoms with van der Waals surface area (Å²) in [4.78, 5) is 11.1. The fourth-order valence-corrected chi connectivity index (χ4v) is 5.38. The summed E-state index contributed by atoms with van der Waals surface area (Å²) >= 11 is 0. The molecule has 0 bridgehead atoms. The van der Waals surface area contributed by atoms with E-state index < -0.39 is 40.3 Å². The van der Waals surface area contributed by atoms with Gasteiger partial charge in [0.05, 0.1) is 22.6 Å². The number of thiol groups is 1. The van der Waals surface area contributed by atoms with Crippen LogP contribution in [0.4, 0.5) is 42.2 Å². The van der Waals surface area contributed by atoms with Gasteiger partial charge in [0.15, 0.2) is 0 Å². The van der Waals surface area contributed by atoms with Gasteiger partial charge >= 0.3 is 12.4 Å². The first-order chi connectivity index (χ1) is 20.3. The molecule has 6 nitrogen and oxygen atoms in total. The minimum atomic E-state index is -4.93. The Hall–Kier alpha value is -4.20. The van der Waals surface area contributed by atoms with E-state index in [1.54, 1.807) is 9.80 Å². The molecule has 14 heteroatoms. The molecule has 0 atom stereocenters. The van der Waals surface area contributed by atoms with Crippen LogP contribution in [0.1, 0.15) is 17.0 Å². The maximum atomic E-state index is 14.1. The molecule has 4 aromatic rings. The minimum absolute atomic E-state index is 0.0701. The van der Waals surface area contributed by atoms with Crippen molar-refractivity contribution in [2.24, 2.45) is 0 Å². The first-order valence-electron chi connectivity index (χ1n) is 12.9. The maximum Gasteiger partial charge on any atom is 0.451 e. The van der Waals surface area contributed by atoms with Crippen molar-refractivity contribution in [1.82, 2.24) is 9.97 Å². The average molecular weight is 625 g/mol. The van der Waals surface area contributed by atoms with Gasteiger partial charge in [-0.3, -0.25) is 0 Å². The molecule has 0 amide bonds. The lowest BCUT2D eigenvalue weighted by Crippen LogP contribution is -2.47. The first-order valence-corrected chi connectivity index (χ1v) is 14.3. The van der Waals surface area contributed by atoms with Crippen LogP contribution < -0.4 is 9.80 Å². The number of aromatic nitrogens is 2. The molecule has 1 aliphatic heterocycles. The Morgan fingerprint density at radius 2 is 1.33 bits per heavy atom. The minimum Gasteiger partial charge on any atom is -0.368 e. The van der Waals surface area contributed by atoms with Gasteiger partial charge in [0.2, 0.25) is 5.82 Å². The predicted octanol–water partition coefficient (Wildman–Crippen LogP) is 6.43. The molecule has 0 spiro atoms. The van der Waals surface area contributed by atoms with E-state index >= 15 is 0 Å². The highest BCUT2D eigenvalue weighted by Gasteiger charge is 2.38. The molecule has 3 aromatic carbocycles. The molecule has 226 valence electrons.